The van der Waals surface area contributed by atoms with E-state index < -0.39 is 5.60 Å². The van der Waals surface area contributed by atoms with Gasteiger partial charge in [0.2, 0.25) is 0 Å². The number of hydrogen-bond acceptors (Lipinski definition) is 5. The quantitative estimate of drug-likeness (QED) is 0.303. The molecule has 5 N–H and O–H groups in total. The van der Waals surface area contributed by atoms with E-state index in [9.17, 15) is 9.90 Å². The van der Waals surface area contributed by atoms with Crippen molar-refractivity contribution >= 4 is 40.7 Å². The van der Waals surface area contributed by atoms with Gasteiger partial charge in [0.25, 0.3) is 5.91 Å². The monoisotopic (exact) mass is 576 g/mol. The first-order valence-electron chi connectivity index (χ1n) is 14.1. The molecule has 5 rings (SSSR count). The van der Waals surface area contributed by atoms with Gasteiger partial charge in [-0.25, -0.2) is 4.98 Å². The van der Waals surface area contributed by atoms with E-state index in [4.69, 9.17) is 17.3 Å². The Morgan fingerprint density at radius 2 is 1.76 bits per heavy atom. The van der Waals surface area contributed by atoms with Crippen LogP contribution in [0.25, 0.3) is 0 Å². The van der Waals surface area contributed by atoms with Gasteiger partial charge in [-0.15, -0.1) is 0 Å². The Morgan fingerprint density at radius 1 is 1.07 bits per heavy atom. The number of hydrogen-bond donors (Lipinski definition) is 3. The summed E-state index contributed by atoms with van der Waals surface area (Å²) >= 11 is 6.39. The molecule has 2 aliphatic heterocycles. The van der Waals surface area contributed by atoms with Crippen molar-refractivity contribution < 1.29 is 14.9 Å². The molecule has 2 saturated heterocycles. The number of nitrogens with two attached hydrogens (primary N) is 1. The molecule has 0 radical (unpaired) electrons. The number of aromatic nitrogens is 1. The second kappa shape index (κ2) is 12.5. The first kappa shape index (κ1) is 28.9. The summed E-state index contributed by atoms with van der Waals surface area (Å²) in [6.07, 6.45) is 4.87. The number of amides is 1. The summed E-state index contributed by atoms with van der Waals surface area (Å²) in [6, 6.07) is 19.0. The van der Waals surface area contributed by atoms with Gasteiger partial charge in [-0.1, -0.05) is 29.8 Å². The molecule has 1 amide bonds. The molecule has 216 valence electrons. The lowest BCUT2D eigenvalue weighted by Crippen LogP contribution is -2.44. The van der Waals surface area contributed by atoms with Gasteiger partial charge in [0.1, 0.15) is 5.69 Å². The highest BCUT2D eigenvalue weighted by molar-refractivity contribution is 6.31. The van der Waals surface area contributed by atoms with E-state index in [1.807, 2.05) is 72.6 Å². The molecule has 3 aromatic rings. The molecule has 0 aliphatic carbocycles. The molecule has 0 saturated carbocycles. The van der Waals surface area contributed by atoms with Crippen molar-refractivity contribution in [3.05, 3.63) is 83.0 Å². The van der Waals surface area contributed by atoms with E-state index in [2.05, 4.69) is 32.1 Å². The van der Waals surface area contributed by atoms with Crippen molar-refractivity contribution in [2.45, 2.75) is 37.3 Å². The minimum Gasteiger partial charge on any atom is -0.385 e. The Balaban J connectivity index is 1.22. The predicted octanol–water partition coefficient (Wildman–Crippen LogP) is 3.87. The topological polar surface area (TPSA) is 112 Å². The van der Waals surface area contributed by atoms with E-state index in [1.165, 1.54) is 0 Å². The number of likely N-dealkylation sites (tertiary alicyclic amines) is 1. The average Bonchev–Trinajstić information content (AvgIpc) is 2.98. The Hall–Kier alpha value is -3.66. The van der Waals surface area contributed by atoms with E-state index in [-0.39, 0.29) is 17.9 Å². The molecule has 2 fully saturated rings. The van der Waals surface area contributed by atoms with Gasteiger partial charge in [-0.3, -0.25) is 4.79 Å². The third kappa shape index (κ3) is 6.64. The number of anilines is 2. The summed E-state index contributed by atoms with van der Waals surface area (Å²) in [6.45, 7) is 3.29. The molecule has 2 aromatic carbocycles. The minimum atomic E-state index is -0.965. The van der Waals surface area contributed by atoms with Crippen molar-refractivity contribution in [3.63, 3.8) is 0 Å². The Morgan fingerprint density at radius 3 is 2.44 bits per heavy atom. The Labute approximate surface area is 246 Å². The van der Waals surface area contributed by atoms with Crippen LogP contribution in [0.3, 0.4) is 0 Å². The lowest BCUT2D eigenvalue weighted by molar-refractivity contribution is -0.362. The smallest absolute Gasteiger partial charge is 0.348 e. The molecule has 1 aromatic heterocycles. The summed E-state index contributed by atoms with van der Waals surface area (Å²) in [5.41, 5.74) is 8.39. The van der Waals surface area contributed by atoms with Gasteiger partial charge in [0.15, 0.2) is 0 Å². The summed E-state index contributed by atoms with van der Waals surface area (Å²) in [5.74, 6) is 0.868. The van der Waals surface area contributed by atoms with Crippen molar-refractivity contribution in [3.8, 4) is 0 Å². The third-order valence-corrected chi connectivity index (χ3v) is 8.64. The fraction of sp³-hybridized carbons (Fsp3) is 0.387. The number of aromatic amines is 1. The van der Waals surface area contributed by atoms with E-state index in [1.54, 1.807) is 6.20 Å². The van der Waals surface area contributed by atoms with Crippen LogP contribution in [0.5, 0.6) is 0 Å². The molecule has 0 spiro atoms. The zero-order valence-electron chi connectivity index (χ0n) is 23.7. The maximum atomic E-state index is 13.0. The number of guanidine groups is 1. The van der Waals surface area contributed by atoms with Gasteiger partial charge in [0.05, 0.1) is 11.8 Å². The van der Waals surface area contributed by atoms with Crippen LogP contribution in [-0.2, 0) is 5.60 Å². The van der Waals surface area contributed by atoms with Crippen molar-refractivity contribution in [2.75, 3.05) is 50.5 Å². The number of carbonyl (C=O) groups excluding carboxylic acids is 1. The molecule has 41 heavy (non-hydrogen) atoms. The van der Waals surface area contributed by atoms with Gasteiger partial charge in [-0.05, 0) is 93.3 Å². The molecule has 9 nitrogen and oxygen atoms in total. The second-order valence-corrected chi connectivity index (χ2v) is 11.5. The maximum Gasteiger partial charge on any atom is 0.348 e. The van der Waals surface area contributed by atoms with Crippen LogP contribution in [0.4, 0.5) is 17.2 Å². The zero-order valence-corrected chi connectivity index (χ0v) is 24.4. The fourth-order valence-corrected chi connectivity index (χ4v) is 6.05. The summed E-state index contributed by atoms with van der Waals surface area (Å²) < 4.78 is 0. The van der Waals surface area contributed by atoms with Gasteiger partial charge < -0.3 is 30.9 Å². The fourth-order valence-electron chi connectivity index (χ4n) is 5.73. The minimum absolute atomic E-state index is 0.0271. The summed E-state index contributed by atoms with van der Waals surface area (Å²) in [4.78, 5) is 27.2. The molecule has 0 unspecified atom stereocenters. The van der Waals surface area contributed by atoms with Crippen LogP contribution in [0, 0.1) is 0 Å². The number of carbonyl (C=O) groups is 1. The van der Waals surface area contributed by atoms with Crippen LogP contribution >= 0.6 is 11.6 Å². The number of halogens is 1. The highest BCUT2D eigenvalue weighted by atomic mass is 35.5. The summed E-state index contributed by atoms with van der Waals surface area (Å²) in [7, 11) is 4.01. The molecule has 10 heteroatoms. The average molecular weight is 577 g/mol. The number of aliphatic imine (C=N–C) groups is 1. The van der Waals surface area contributed by atoms with Crippen molar-refractivity contribution in [2.24, 2.45) is 10.7 Å². The highest BCUT2D eigenvalue weighted by Crippen LogP contribution is 2.38. The Bertz CT molecular complexity index is 1380. The van der Waals surface area contributed by atoms with Gasteiger partial charge in [-0.2, -0.15) is 0 Å². The lowest BCUT2D eigenvalue weighted by Gasteiger charge is -2.39. The molecule has 2 aliphatic rings. The van der Waals surface area contributed by atoms with Gasteiger partial charge >= 0.3 is 11.8 Å². The van der Waals surface area contributed by atoms with Gasteiger partial charge in [0, 0.05) is 48.0 Å². The largest absolute Gasteiger partial charge is 0.385 e. The number of pyridine rings is 1. The lowest BCUT2D eigenvalue weighted by atomic mass is 9.84. The number of piperidine rings is 2. The first-order valence-corrected chi connectivity index (χ1v) is 14.5. The molecule has 3 heterocycles. The number of nitrogens with one attached hydrogen (secondary N) is 2. The van der Waals surface area contributed by atoms with E-state index in [0.717, 1.165) is 42.9 Å². The Kier molecular flexibility index (Phi) is 8.77. The number of nitrogens with zero attached hydrogens (tertiary/aromatic N) is 4. The number of aliphatic hydroxyl groups is 1. The molecule has 0 bridgehead atoms. The molecule has 0 atom stereocenters. The SMILES string of the molecule is CN1CCC(N(C)C(=O)c2ccc(N/C(N)=N/c3[nH+]cccc3N3CCC(O)(c4ccccc4Cl)CC3)cc2)CC1. The summed E-state index contributed by atoms with van der Waals surface area (Å²) in [5, 5.41) is 15.0. The third-order valence-electron chi connectivity index (χ3n) is 8.31. The van der Waals surface area contributed by atoms with Crippen LogP contribution in [0.1, 0.15) is 41.6 Å². The number of benzene rings is 2. The maximum absolute atomic E-state index is 13.0. The van der Waals surface area contributed by atoms with E-state index in [0.29, 0.717) is 42.3 Å². The van der Waals surface area contributed by atoms with Crippen LogP contribution in [0.15, 0.2) is 71.9 Å². The number of rotatable bonds is 6. The predicted molar refractivity (Wildman–Crippen MR) is 164 cm³/mol. The second-order valence-electron chi connectivity index (χ2n) is 11.1. The zero-order chi connectivity index (χ0) is 29.0. The van der Waals surface area contributed by atoms with Crippen LogP contribution in [-0.4, -0.2) is 73.1 Å². The van der Waals surface area contributed by atoms with Crippen LogP contribution < -0.4 is 20.9 Å². The van der Waals surface area contributed by atoms with E-state index >= 15 is 0 Å². The molecular weight excluding hydrogens is 538 g/mol. The van der Waals surface area contributed by atoms with Crippen molar-refractivity contribution in [1.29, 1.82) is 0 Å². The highest BCUT2D eigenvalue weighted by Gasteiger charge is 2.36. The van der Waals surface area contributed by atoms with Crippen LogP contribution in [0.2, 0.25) is 5.02 Å². The first-order chi connectivity index (χ1) is 19.7. The number of H-pyrrole nitrogens is 1. The standard InChI is InChI=1S/C31H38ClN7O2/c1-37-18-13-24(14-19-37)38(2)29(40)22-9-11-23(12-10-22)35-30(33)36-28-27(8-5-17-34-28)39-20-15-31(41,16-21-39)25-6-3-4-7-26(25)32/h3-12,17,24,41H,13-16,18-21H2,1-2H3,(H3,33,34,35,36)/p+1. The van der Waals surface area contributed by atoms with Crippen molar-refractivity contribution in [1.82, 2.24) is 9.80 Å². The normalized spacial score (nSPS) is 18.2. The molecular formula is C31H39ClN7O2+.